The van der Waals surface area contributed by atoms with Gasteiger partial charge in [-0.05, 0) is 24.3 Å². The van der Waals surface area contributed by atoms with Crippen LogP contribution in [0, 0.1) is 11.6 Å². The number of hydrogen-bond donors (Lipinski definition) is 1. The van der Waals surface area contributed by atoms with Crippen molar-refractivity contribution in [3.63, 3.8) is 0 Å². The summed E-state index contributed by atoms with van der Waals surface area (Å²) in [6.07, 6.45) is 0. The molecule has 0 bridgehead atoms. The Morgan fingerprint density at radius 2 is 1.81 bits per heavy atom. The number of sulfonamides is 1. The van der Waals surface area contributed by atoms with Gasteiger partial charge in [-0.1, -0.05) is 23.7 Å². The monoisotopic (exact) mass is 542 g/mol. The highest BCUT2D eigenvalue weighted by Gasteiger charge is 2.30. The van der Waals surface area contributed by atoms with Gasteiger partial charge in [0, 0.05) is 43.9 Å². The molecule has 8 nitrogen and oxygen atoms in total. The number of carbonyl (C=O) groups excluding carboxylic acids is 1. The lowest BCUT2D eigenvalue weighted by molar-refractivity contribution is -0.0764. The molecule has 2 aromatic carbocycles. The zero-order chi connectivity index (χ0) is 25.9. The van der Waals surface area contributed by atoms with Gasteiger partial charge < -0.3 is 10.5 Å². The summed E-state index contributed by atoms with van der Waals surface area (Å²) in [5, 5.41) is -0.242. The number of Topliss-reactive ketones (excluding diaryl/α,β-unsaturated/α-hetero) is 1. The summed E-state index contributed by atoms with van der Waals surface area (Å²) in [6.45, 7) is 4.31. The van der Waals surface area contributed by atoms with E-state index in [9.17, 15) is 22.0 Å². The van der Waals surface area contributed by atoms with E-state index in [1.165, 1.54) is 24.3 Å². The Morgan fingerprint density at radius 1 is 1.08 bits per heavy atom. The van der Waals surface area contributed by atoms with Gasteiger partial charge in [-0.25, -0.2) is 17.2 Å². The molecule has 0 saturated carbocycles. The summed E-state index contributed by atoms with van der Waals surface area (Å²) in [7, 11) is -3.95. The van der Waals surface area contributed by atoms with Gasteiger partial charge in [0.2, 0.25) is 10.0 Å². The molecule has 0 aliphatic carbocycles. The van der Waals surface area contributed by atoms with Crippen LogP contribution in [0.15, 0.2) is 36.4 Å². The predicted octanol–water partition coefficient (Wildman–Crippen LogP) is 2.11. The van der Waals surface area contributed by atoms with E-state index >= 15 is 0 Å². The number of nitrogens with zero attached hydrogens (tertiary/aromatic N) is 3. The van der Waals surface area contributed by atoms with Gasteiger partial charge >= 0.3 is 0 Å². The first-order valence-corrected chi connectivity index (χ1v) is 13.7. The number of ketones is 1. The molecule has 0 radical (unpaired) electrons. The quantitative estimate of drug-likeness (QED) is 0.459. The average molecular weight is 543 g/mol. The highest BCUT2D eigenvalue weighted by Crippen LogP contribution is 2.28. The Balaban J connectivity index is 1.51. The average Bonchev–Trinajstić information content (AvgIpc) is 2.83. The third kappa shape index (κ3) is 6.21. The lowest BCUT2D eigenvalue weighted by Gasteiger charge is -2.42. The Kier molecular flexibility index (Phi) is 8.59. The summed E-state index contributed by atoms with van der Waals surface area (Å²) < 4.78 is 61.9. The molecule has 12 heteroatoms. The van der Waals surface area contributed by atoms with Gasteiger partial charge in [-0.3, -0.25) is 18.9 Å². The molecule has 2 fully saturated rings. The van der Waals surface area contributed by atoms with Gasteiger partial charge in [0.05, 0.1) is 48.8 Å². The zero-order valence-corrected chi connectivity index (χ0v) is 21.3. The van der Waals surface area contributed by atoms with Crippen LogP contribution in [0.25, 0.3) is 0 Å². The minimum absolute atomic E-state index is 0.0592. The van der Waals surface area contributed by atoms with E-state index in [1.54, 1.807) is 0 Å². The molecule has 0 unspecified atom stereocenters. The number of nitrogens with two attached hydrogens (primary N) is 1. The van der Waals surface area contributed by atoms with Crippen LogP contribution in [0.1, 0.15) is 15.9 Å². The lowest BCUT2D eigenvalue weighted by Crippen LogP contribution is -2.57. The summed E-state index contributed by atoms with van der Waals surface area (Å²) in [6, 6.07) is 7.82. The van der Waals surface area contributed by atoms with Gasteiger partial charge in [-0.2, -0.15) is 0 Å². The second-order valence-electron chi connectivity index (χ2n) is 8.92. The molecule has 4 rings (SSSR count). The van der Waals surface area contributed by atoms with E-state index in [2.05, 4.69) is 9.80 Å². The molecule has 0 amide bonds. The van der Waals surface area contributed by atoms with E-state index in [0.717, 1.165) is 55.8 Å². The van der Waals surface area contributed by atoms with Gasteiger partial charge in [-0.15, -0.1) is 0 Å². The Labute approximate surface area is 214 Å². The molecule has 2 heterocycles. The number of piperazine rings is 1. The lowest BCUT2D eigenvalue weighted by atomic mass is 10.1. The van der Waals surface area contributed by atoms with Crippen LogP contribution < -0.4 is 10.0 Å². The molecular weight excluding hydrogens is 514 g/mol. The number of rotatable bonds is 10. The fourth-order valence-electron chi connectivity index (χ4n) is 4.25. The third-order valence-corrected chi connectivity index (χ3v) is 8.61. The standard InChI is InChI=1S/C24H29ClF2N4O4S/c25-21-12-19(3-4-22(21)26)31(14-18-2-1-17(11-23(18)27)24(32)13-28)36(33,34)10-9-29-5-7-30(8-6-29)20-15-35-16-20/h1-4,11-12,20H,5-10,13-16,28H2. The summed E-state index contributed by atoms with van der Waals surface area (Å²) in [5.41, 5.74) is 5.63. The first kappa shape index (κ1) is 26.9. The van der Waals surface area contributed by atoms with E-state index in [4.69, 9.17) is 22.1 Å². The molecule has 2 saturated heterocycles. The number of carbonyl (C=O) groups is 1. The summed E-state index contributed by atoms with van der Waals surface area (Å²) >= 11 is 5.93. The largest absolute Gasteiger partial charge is 0.378 e. The molecule has 2 N–H and O–H groups in total. The zero-order valence-electron chi connectivity index (χ0n) is 19.7. The van der Waals surface area contributed by atoms with Crippen molar-refractivity contribution >= 4 is 33.1 Å². The first-order valence-electron chi connectivity index (χ1n) is 11.7. The summed E-state index contributed by atoms with van der Waals surface area (Å²) in [4.78, 5) is 16.2. The van der Waals surface area contributed by atoms with E-state index in [0.29, 0.717) is 12.6 Å². The van der Waals surface area contributed by atoms with Crippen molar-refractivity contribution < 1.29 is 26.7 Å². The second-order valence-corrected chi connectivity index (χ2v) is 11.3. The molecule has 0 aromatic heterocycles. The van der Waals surface area contributed by atoms with Crippen molar-refractivity contribution in [2.75, 3.05) is 62.5 Å². The smallest absolute Gasteiger partial charge is 0.236 e. The molecule has 2 aliphatic heterocycles. The van der Waals surface area contributed by atoms with Gasteiger partial charge in [0.1, 0.15) is 11.6 Å². The normalized spacial score (nSPS) is 17.7. The minimum Gasteiger partial charge on any atom is -0.378 e. The van der Waals surface area contributed by atoms with Crippen molar-refractivity contribution in [1.29, 1.82) is 0 Å². The highest BCUT2D eigenvalue weighted by atomic mass is 35.5. The fraction of sp³-hybridized carbons (Fsp3) is 0.458. The van der Waals surface area contributed by atoms with Crippen molar-refractivity contribution in [1.82, 2.24) is 9.80 Å². The molecule has 36 heavy (non-hydrogen) atoms. The number of halogens is 3. The maximum atomic E-state index is 14.8. The number of hydrogen-bond acceptors (Lipinski definition) is 7. The molecule has 2 aliphatic rings. The minimum atomic E-state index is -3.95. The van der Waals surface area contributed by atoms with Crippen LogP contribution in [0.5, 0.6) is 0 Å². The summed E-state index contributed by atoms with van der Waals surface area (Å²) in [5.74, 6) is -2.07. The highest BCUT2D eigenvalue weighted by molar-refractivity contribution is 7.92. The van der Waals surface area contributed by atoms with Crippen LogP contribution in [-0.2, 0) is 21.3 Å². The second kappa shape index (κ2) is 11.5. The SMILES string of the molecule is NCC(=O)c1ccc(CN(c2ccc(F)c(Cl)c2)S(=O)(=O)CCN2CCN(C3COC3)CC2)c(F)c1. The Hall–Kier alpha value is -2.15. The van der Waals surface area contributed by atoms with E-state index in [-0.39, 0.29) is 40.7 Å². The Bertz CT molecular complexity index is 1200. The maximum absolute atomic E-state index is 14.8. The van der Waals surface area contributed by atoms with Gasteiger partial charge in [0.25, 0.3) is 0 Å². The van der Waals surface area contributed by atoms with Crippen LogP contribution >= 0.6 is 11.6 Å². The maximum Gasteiger partial charge on any atom is 0.236 e. The van der Waals surface area contributed by atoms with Crippen LogP contribution in [0.4, 0.5) is 14.5 Å². The van der Waals surface area contributed by atoms with Crippen molar-refractivity contribution in [3.05, 3.63) is 64.2 Å². The first-order chi connectivity index (χ1) is 17.2. The van der Waals surface area contributed by atoms with Gasteiger partial charge in [0.15, 0.2) is 5.78 Å². The van der Waals surface area contributed by atoms with Crippen molar-refractivity contribution in [3.8, 4) is 0 Å². The van der Waals surface area contributed by atoms with Crippen LogP contribution in [0.2, 0.25) is 5.02 Å². The molecular formula is C24H29ClF2N4O4S. The third-order valence-electron chi connectivity index (χ3n) is 6.61. The molecule has 0 spiro atoms. The van der Waals surface area contributed by atoms with Crippen molar-refractivity contribution in [2.24, 2.45) is 5.73 Å². The van der Waals surface area contributed by atoms with E-state index in [1.807, 2.05) is 0 Å². The van der Waals surface area contributed by atoms with Crippen LogP contribution in [0.3, 0.4) is 0 Å². The van der Waals surface area contributed by atoms with E-state index < -0.39 is 27.4 Å². The number of benzene rings is 2. The number of ether oxygens (including phenoxy) is 1. The Morgan fingerprint density at radius 3 is 2.39 bits per heavy atom. The number of anilines is 1. The molecule has 0 atom stereocenters. The van der Waals surface area contributed by atoms with Crippen molar-refractivity contribution in [2.45, 2.75) is 12.6 Å². The molecule has 2 aromatic rings. The van der Waals surface area contributed by atoms with Crippen LogP contribution in [-0.4, -0.2) is 88.3 Å². The topological polar surface area (TPSA) is 96.2 Å². The predicted molar refractivity (Wildman–Crippen MR) is 134 cm³/mol. The fourth-order valence-corrected chi connectivity index (χ4v) is 5.91. The molecule has 196 valence electrons.